The summed E-state index contributed by atoms with van der Waals surface area (Å²) < 4.78 is 20.1. The Balaban J connectivity index is 2.05. The van der Waals surface area contributed by atoms with Gasteiger partial charge >= 0.3 is 0 Å². The molecule has 0 N–H and O–H groups in total. The van der Waals surface area contributed by atoms with Crippen molar-refractivity contribution in [2.45, 2.75) is 0 Å². The van der Waals surface area contributed by atoms with Crippen molar-refractivity contribution >= 4 is 11.0 Å². The van der Waals surface area contributed by atoms with Crippen molar-refractivity contribution in [3.05, 3.63) is 83.2 Å². The monoisotopic (exact) mass is 318 g/mol. The van der Waals surface area contributed by atoms with Gasteiger partial charge in [-0.15, -0.1) is 0 Å². The molecule has 5 heteroatoms. The Hall–Kier alpha value is -3.34. The molecule has 0 amide bonds. The molecule has 0 aliphatic rings. The number of fused-ring (bicyclic) bond motifs is 1. The van der Waals surface area contributed by atoms with Crippen LogP contribution in [0.3, 0.4) is 0 Å². The summed E-state index contributed by atoms with van der Waals surface area (Å²) in [5, 5.41) is 0.357. The van der Waals surface area contributed by atoms with Gasteiger partial charge in [-0.2, -0.15) is 0 Å². The third-order valence-electron chi connectivity index (χ3n) is 3.72. The molecule has 3 heterocycles. The number of nitrogens with zero attached hydrogens (tertiary/aromatic N) is 2. The fourth-order valence-electron chi connectivity index (χ4n) is 2.58. The van der Waals surface area contributed by atoms with Gasteiger partial charge in [0.25, 0.3) is 0 Å². The Morgan fingerprint density at radius 2 is 1.88 bits per heavy atom. The van der Waals surface area contributed by atoms with Crippen LogP contribution in [0.25, 0.3) is 33.6 Å². The third kappa shape index (κ3) is 2.36. The van der Waals surface area contributed by atoms with Crippen LogP contribution in [0.1, 0.15) is 0 Å². The SMILES string of the molecule is O=c1cc(-c2cccnc2)oc2c(-c3ccccc3F)nccc12. The first-order valence-corrected chi connectivity index (χ1v) is 7.32. The molecule has 4 aromatic rings. The van der Waals surface area contributed by atoms with E-state index >= 15 is 0 Å². The van der Waals surface area contributed by atoms with Crippen molar-refractivity contribution in [3.63, 3.8) is 0 Å². The van der Waals surface area contributed by atoms with Gasteiger partial charge in [0, 0.05) is 35.8 Å². The Bertz CT molecular complexity index is 1090. The molecule has 0 bridgehead atoms. The molecule has 0 aliphatic carbocycles. The lowest BCUT2D eigenvalue weighted by Gasteiger charge is -2.07. The van der Waals surface area contributed by atoms with Crippen molar-refractivity contribution in [1.82, 2.24) is 9.97 Å². The Labute approximate surface area is 136 Å². The highest BCUT2D eigenvalue weighted by Crippen LogP contribution is 2.29. The van der Waals surface area contributed by atoms with Gasteiger partial charge in [-0.05, 0) is 30.3 Å². The van der Waals surface area contributed by atoms with E-state index in [0.29, 0.717) is 22.4 Å². The quantitative estimate of drug-likeness (QED) is 0.559. The molecule has 0 spiro atoms. The molecule has 1 aromatic carbocycles. The largest absolute Gasteiger partial charge is 0.453 e. The van der Waals surface area contributed by atoms with E-state index in [1.165, 1.54) is 18.3 Å². The molecule has 0 saturated heterocycles. The number of pyridine rings is 2. The fourth-order valence-corrected chi connectivity index (χ4v) is 2.58. The summed E-state index contributed by atoms with van der Waals surface area (Å²) in [6, 6.07) is 12.8. The number of rotatable bonds is 2. The van der Waals surface area contributed by atoms with Crippen LogP contribution in [0.4, 0.5) is 4.39 Å². The van der Waals surface area contributed by atoms with Crippen molar-refractivity contribution in [2.24, 2.45) is 0 Å². The van der Waals surface area contributed by atoms with Gasteiger partial charge in [0.2, 0.25) is 0 Å². The first-order valence-electron chi connectivity index (χ1n) is 7.32. The van der Waals surface area contributed by atoms with Gasteiger partial charge in [0.1, 0.15) is 17.3 Å². The molecule has 0 unspecified atom stereocenters. The third-order valence-corrected chi connectivity index (χ3v) is 3.72. The lowest BCUT2D eigenvalue weighted by molar-refractivity contribution is 0.613. The molecule has 0 atom stereocenters. The molecule has 4 rings (SSSR count). The second kappa shape index (κ2) is 5.70. The average molecular weight is 318 g/mol. The minimum absolute atomic E-state index is 0.213. The van der Waals surface area contributed by atoms with E-state index in [4.69, 9.17) is 4.42 Å². The van der Waals surface area contributed by atoms with Gasteiger partial charge in [-0.1, -0.05) is 12.1 Å². The van der Waals surface area contributed by atoms with Crippen LogP contribution in [0.15, 0.2) is 76.3 Å². The number of hydrogen-bond donors (Lipinski definition) is 0. The lowest BCUT2D eigenvalue weighted by Crippen LogP contribution is -2.02. The van der Waals surface area contributed by atoms with E-state index in [2.05, 4.69) is 9.97 Å². The van der Waals surface area contributed by atoms with Crippen LogP contribution >= 0.6 is 0 Å². The topological polar surface area (TPSA) is 56.0 Å². The zero-order valence-electron chi connectivity index (χ0n) is 12.4. The predicted molar refractivity (Wildman–Crippen MR) is 88.9 cm³/mol. The summed E-state index contributed by atoms with van der Waals surface area (Å²) in [6.45, 7) is 0. The van der Waals surface area contributed by atoms with Crippen LogP contribution in [0, 0.1) is 5.82 Å². The van der Waals surface area contributed by atoms with Gasteiger partial charge in [0.05, 0.1) is 5.39 Å². The van der Waals surface area contributed by atoms with E-state index < -0.39 is 5.82 Å². The molecule has 0 fully saturated rings. The van der Waals surface area contributed by atoms with Crippen LogP contribution in [0.5, 0.6) is 0 Å². The Kier molecular flexibility index (Phi) is 3.39. The van der Waals surface area contributed by atoms with Crippen LogP contribution in [-0.2, 0) is 0 Å². The number of halogens is 1. The molecule has 4 nitrogen and oxygen atoms in total. The summed E-state index contributed by atoms with van der Waals surface area (Å²) in [4.78, 5) is 20.7. The summed E-state index contributed by atoms with van der Waals surface area (Å²) >= 11 is 0. The van der Waals surface area contributed by atoms with Gasteiger partial charge in [-0.25, -0.2) is 4.39 Å². The van der Waals surface area contributed by atoms with Gasteiger partial charge in [-0.3, -0.25) is 14.8 Å². The normalized spacial score (nSPS) is 10.9. The highest BCUT2D eigenvalue weighted by atomic mass is 19.1. The zero-order valence-corrected chi connectivity index (χ0v) is 12.4. The second-order valence-electron chi connectivity index (χ2n) is 5.23. The van der Waals surface area contributed by atoms with Crippen molar-refractivity contribution in [1.29, 1.82) is 0 Å². The molecule has 0 aliphatic heterocycles. The summed E-state index contributed by atoms with van der Waals surface area (Å²) in [7, 11) is 0. The zero-order chi connectivity index (χ0) is 16.5. The fraction of sp³-hybridized carbons (Fsp3) is 0. The highest BCUT2D eigenvalue weighted by molar-refractivity contribution is 5.90. The van der Waals surface area contributed by atoms with Crippen LogP contribution in [0.2, 0.25) is 0 Å². The number of benzene rings is 1. The number of hydrogen-bond acceptors (Lipinski definition) is 4. The highest BCUT2D eigenvalue weighted by Gasteiger charge is 2.15. The predicted octanol–water partition coefficient (Wildman–Crippen LogP) is 4.06. The molecule has 116 valence electrons. The molecule has 3 aromatic heterocycles. The van der Waals surface area contributed by atoms with Gasteiger partial charge in [0.15, 0.2) is 11.0 Å². The van der Waals surface area contributed by atoms with E-state index in [0.717, 1.165) is 0 Å². The Morgan fingerprint density at radius 1 is 1.00 bits per heavy atom. The smallest absolute Gasteiger partial charge is 0.193 e. The molecular formula is C19H11FN2O2. The second-order valence-corrected chi connectivity index (χ2v) is 5.23. The summed E-state index contributed by atoms with van der Waals surface area (Å²) in [5.41, 5.74) is 1.30. The Morgan fingerprint density at radius 3 is 2.67 bits per heavy atom. The number of aromatic nitrogens is 2. The van der Waals surface area contributed by atoms with Gasteiger partial charge < -0.3 is 4.42 Å². The maximum atomic E-state index is 14.2. The van der Waals surface area contributed by atoms with Crippen molar-refractivity contribution in [3.8, 4) is 22.6 Å². The molecular weight excluding hydrogens is 307 g/mol. The minimum Gasteiger partial charge on any atom is -0.453 e. The molecule has 0 radical (unpaired) electrons. The maximum Gasteiger partial charge on any atom is 0.193 e. The van der Waals surface area contributed by atoms with Crippen LogP contribution in [-0.4, -0.2) is 9.97 Å². The van der Waals surface area contributed by atoms with E-state index in [1.54, 1.807) is 48.8 Å². The van der Waals surface area contributed by atoms with E-state index in [9.17, 15) is 9.18 Å². The van der Waals surface area contributed by atoms with Crippen LogP contribution < -0.4 is 5.43 Å². The van der Waals surface area contributed by atoms with E-state index in [-0.39, 0.29) is 16.6 Å². The summed E-state index contributed by atoms with van der Waals surface area (Å²) in [6.07, 6.45) is 4.71. The molecule has 0 saturated carbocycles. The van der Waals surface area contributed by atoms with Crippen molar-refractivity contribution < 1.29 is 8.81 Å². The molecule has 24 heavy (non-hydrogen) atoms. The van der Waals surface area contributed by atoms with E-state index in [1.807, 2.05) is 0 Å². The lowest BCUT2D eigenvalue weighted by atomic mass is 10.1. The van der Waals surface area contributed by atoms with Crippen molar-refractivity contribution in [2.75, 3.05) is 0 Å². The first-order chi connectivity index (χ1) is 11.7. The maximum absolute atomic E-state index is 14.2. The summed E-state index contributed by atoms with van der Waals surface area (Å²) in [5.74, 6) is -0.0573. The average Bonchev–Trinajstić information content (AvgIpc) is 2.63. The standard InChI is InChI=1S/C19H11FN2O2/c20-15-6-2-1-5-13(15)18-19-14(7-9-22-18)16(23)10-17(24-19)12-4-3-8-21-11-12/h1-11H. The minimum atomic E-state index is -0.424. The first kappa shape index (κ1) is 14.3.